The number of rotatable bonds is 8. The zero-order valence-corrected chi connectivity index (χ0v) is 18.6. The number of nitrogens with zero attached hydrogens (tertiary/aromatic N) is 3. The van der Waals surface area contributed by atoms with E-state index in [0.29, 0.717) is 11.3 Å². The van der Waals surface area contributed by atoms with Crippen LogP contribution >= 0.6 is 0 Å². The van der Waals surface area contributed by atoms with E-state index in [1.807, 2.05) is 0 Å². The number of hydrazone groups is 1. The molecule has 2 rings (SSSR count). The third-order valence-corrected chi connectivity index (χ3v) is 4.96. The minimum absolute atomic E-state index is 0.0153. The Morgan fingerprint density at radius 2 is 1.84 bits per heavy atom. The number of ether oxygens (including phenoxy) is 1. The first-order valence-electron chi connectivity index (χ1n) is 9.64. The molecule has 1 amide bonds. The van der Waals surface area contributed by atoms with Crippen LogP contribution in [-0.4, -0.2) is 38.6 Å². The number of nitro groups is 2. The van der Waals surface area contributed by atoms with E-state index in [-0.39, 0.29) is 17.7 Å². The van der Waals surface area contributed by atoms with Crippen molar-refractivity contribution in [1.29, 1.82) is 0 Å². The number of hydrogen-bond acceptors (Lipinski definition) is 9. The standard InChI is InChI=1S/C20H25N5O7/c1-11(22-23-14-8-7-13(24(28)29)9-15(14)25(30)31)10-19(3,4)21-17(26)16-12(2)20(5,6)32-18(16)27/h7-9,23H,10H2,1-6H3,(H,21,26). The van der Waals surface area contributed by atoms with Crippen molar-refractivity contribution in [1.82, 2.24) is 5.32 Å². The number of non-ortho nitro benzene ring substituents is 1. The smallest absolute Gasteiger partial charge is 0.344 e. The Balaban J connectivity index is 2.13. The number of cyclic esters (lactones) is 1. The topological polar surface area (TPSA) is 166 Å². The number of nitro benzene ring substituents is 2. The SMILES string of the molecule is CC(CC(C)(C)NC(=O)C1=C(C)C(C)(C)OC1=O)=NNc1ccc([N+](=O)[O-])cc1[N+](=O)[O-]. The predicted octanol–water partition coefficient (Wildman–Crippen LogP) is 3.23. The van der Waals surface area contributed by atoms with Crippen LogP contribution in [0.15, 0.2) is 34.4 Å². The number of carbonyl (C=O) groups excluding carboxylic acids is 2. The molecule has 2 N–H and O–H groups in total. The summed E-state index contributed by atoms with van der Waals surface area (Å²) in [7, 11) is 0. The molecule has 12 nitrogen and oxygen atoms in total. The Morgan fingerprint density at radius 1 is 1.22 bits per heavy atom. The Bertz CT molecular complexity index is 1060. The van der Waals surface area contributed by atoms with Gasteiger partial charge in [0.2, 0.25) is 0 Å². The second-order valence-electron chi connectivity index (χ2n) is 8.59. The van der Waals surface area contributed by atoms with Gasteiger partial charge in [0.15, 0.2) is 0 Å². The summed E-state index contributed by atoms with van der Waals surface area (Å²) in [6.45, 7) is 10.2. The first-order valence-corrected chi connectivity index (χ1v) is 9.64. The number of benzene rings is 1. The van der Waals surface area contributed by atoms with Gasteiger partial charge in [-0.15, -0.1) is 0 Å². The van der Waals surface area contributed by atoms with Gasteiger partial charge in [-0.1, -0.05) is 0 Å². The highest BCUT2D eigenvalue weighted by atomic mass is 16.6. The maximum absolute atomic E-state index is 12.7. The molecule has 12 heteroatoms. The first-order chi connectivity index (χ1) is 14.6. The second-order valence-corrected chi connectivity index (χ2v) is 8.59. The summed E-state index contributed by atoms with van der Waals surface area (Å²) in [5.74, 6) is -1.24. The molecule has 1 aromatic carbocycles. The summed E-state index contributed by atoms with van der Waals surface area (Å²) in [5, 5.41) is 28.9. The molecule has 0 spiro atoms. The van der Waals surface area contributed by atoms with Crippen LogP contribution in [0.2, 0.25) is 0 Å². The van der Waals surface area contributed by atoms with E-state index in [1.54, 1.807) is 41.5 Å². The molecule has 0 radical (unpaired) electrons. The van der Waals surface area contributed by atoms with E-state index in [9.17, 15) is 29.8 Å². The summed E-state index contributed by atoms with van der Waals surface area (Å²) in [6, 6.07) is 3.17. The average molecular weight is 447 g/mol. The summed E-state index contributed by atoms with van der Waals surface area (Å²) >= 11 is 0. The average Bonchev–Trinajstić information content (AvgIpc) is 2.85. The van der Waals surface area contributed by atoms with E-state index < -0.39 is 44.2 Å². The van der Waals surface area contributed by atoms with Crippen molar-refractivity contribution in [2.75, 3.05) is 5.43 Å². The van der Waals surface area contributed by atoms with Crippen molar-refractivity contribution in [3.63, 3.8) is 0 Å². The zero-order valence-electron chi connectivity index (χ0n) is 18.6. The van der Waals surface area contributed by atoms with Gasteiger partial charge < -0.3 is 10.1 Å². The molecule has 0 fully saturated rings. The molecule has 1 heterocycles. The van der Waals surface area contributed by atoms with Crippen molar-refractivity contribution in [2.24, 2.45) is 5.10 Å². The molecule has 0 saturated heterocycles. The van der Waals surface area contributed by atoms with Gasteiger partial charge in [0.25, 0.3) is 11.6 Å². The lowest BCUT2D eigenvalue weighted by Gasteiger charge is -2.26. The van der Waals surface area contributed by atoms with Crippen LogP contribution in [0.25, 0.3) is 0 Å². The molecule has 0 atom stereocenters. The van der Waals surface area contributed by atoms with Crippen LogP contribution in [-0.2, 0) is 14.3 Å². The highest BCUT2D eigenvalue weighted by Crippen LogP contribution is 2.32. The molecule has 1 aliphatic rings. The molecule has 172 valence electrons. The maximum Gasteiger partial charge on any atom is 0.344 e. The number of carbonyl (C=O) groups is 2. The van der Waals surface area contributed by atoms with Gasteiger partial charge in [-0.25, -0.2) is 4.79 Å². The van der Waals surface area contributed by atoms with Gasteiger partial charge in [0.05, 0.1) is 15.9 Å². The van der Waals surface area contributed by atoms with Crippen molar-refractivity contribution in [3.8, 4) is 0 Å². The largest absolute Gasteiger partial charge is 0.451 e. The van der Waals surface area contributed by atoms with E-state index >= 15 is 0 Å². The van der Waals surface area contributed by atoms with Crippen LogP contribution in [0.4, 0.5) is 17.1 Å². The monoisotopic (exact) mass is 447 g/mol. The van der Waals surface area contributed by atoms with Crippen LogP contribution in [0.1, 0.15) is 48.0 Å². The lowest BCUT2D eigenvalue weighted by Crippen LogP contribution is -2.46. The van der Waals surface area contributed by atoms with E-state index in [1.165, 1.54) is 6.07 Å². The normalized spacial score (nSPS) is 15.9. The summed E-state index contributed by atoms with van der Waals surface area (Å²) < 4.78 is 5.23. The van der Waals surface area contributed by atoms with Crippen molar-refractivity contribution in [2.45, 2.75) is 59.1 Å². The number of nitrogens with one attached hydrogen (secondary N) is 2. The summed E-state index contributed by atoms with van der Waals surface area (Å²) in [5.41, 5.74) is 0.954. The minimum Gasteiger partial charge on any atom is -0.451 e. The molecule has 0 aliphatic carbocycles. The summed E-state index contributed by atoms with van der Waals surface area (Å²) in [6.07, 6.45) is 0.247. The maximum atomic E-state index is 12.7. The van der Waals surface area contributed by atoms with Gasteiger partial charge in [-0.2, -0.15) is 5.10 Å². The minimum atomic E-state index is -0.853. The Labute approximate surface area is 184 Å². The zero-order chi connectivity index (χ0) is 24.4. The third kappa shape index (κ3) is 5.45. The summed E-state index contributed by atoms with van der Waals surface area (Å²) in [4.78, 5) is 45.4. The number of hydrogen-bond donors (Lipinski definition) is 2. The fraction of sp³-hybridized carbons (Fsp3) is 0.450. The molecular formula is C20H25N5O7. The van der Waals surface area contributed by atoms with Gasteiger partial charge in [-0.3, -0.25) is 30.4 Å². The van der Waals surface area contributed by atoms with Crippen LogP contribution in [0, 0.1) is 20.2 Å². The quantitative estimate of drug-likeness (QED) is 0.201. The molecule has 1 aromatic rings. The van der Waals surface area contributed by atoms with E-state index in [2.05, 4.69) is 15.8 Å². The third-order valence-electron chi connectivity index (χ3n) is 4.96. The molecule has 0 aromatic heterocycles. The van der Waals surface area contributed by atoms with Crippen molar-refractivity contribution >= 4 is 34.7 Å². The fourth-order valence-electron chi connectivity index (χ4n) is 3.20. The molecular weight excluding hydrogens is 422 g/mol. The Hall–Kier alpha value is -3.83. The lowest BCUT2D eigenvalue weighted by molar-refractivity contribution is -0.393. The molecule has 1 aliphatic heterocycles. The van der Waals surface area contributed by atoms with Gasteiger partial charge in [-0.05, 0) is 53.2 Å². The lowest BCUT2D eigenvalue weighted by atomic mass is 9.94. The molecule has 0 saturated carbocycles. The number of amides is 1. The first kappa shape index (κ1) is 24.4. The van der Waals surface area contributed by atoms with Crippen LogP contribution in [0.5, 0.6) is 0 Å². The van der Waals surface area contributed by atoms with Crippen molar-refractivity contribution < 1.29 is 24.2 Å². The predicted molar refractivity (Wildman–Crippen MR) is 116 cm³/mol. The van der Waals surface area contributed by atoms with E-state index in [0.717, 1.165) is 12.1 Å². The molecule has 32 heavy (non-hydrogen) atoms. The van der Waals surface area contributed by atoms with Gasteiger partial charge >= 0.3 is 11.7 Å². The number of esters is 1. The van der Waals surface area contributed by atoms with Gasteiger partial charge in [0, 0.05) is 23.7 Å². The highest BCUT2D eigenvalue weighted by Gasteiger charge is 2.41. The highest BCUT2D eigenvalue weighted by molar-refractivity contribution is 6.19. The Morgan fingerprint density at radius 3 is 2.34 bits per heavy atom. The molecule has 0 bridgehead atoms. The molecule has 0 unspecified atom stereocenters. The second kappa shape index (κ2) is 8.73. The number of anilines is 1. The van der Waals surface area contributed by atoms with E-state index in [4.69, 9.17) is 4.74 Å². The van der Waals surface area contributed by atoms with Gasteiger partial charge in [0.1, 0.15) is 16.9 Å². The Kier molecular flexibility index (Phi) is 6.67. The van der Waals surface area contributed by atoms with Crippen LogP contribution in [0.3, 0.4) is 0 Å². The van der Waals surface area contributed by atoms with Crippen molar-refractivity contribution in [3.05, 3.63) is 49.6 Å². The fourth-order valence-corrected chi connectivity index (χ4v) is 3.20. The van der Waals surface area contributed by atoms with Crippen LogP contribution < -0.4 is 10.7 Å².